The highest BCUT2D eigenvalue weighted by Crippen LogP contribution is 2.44. The largest absolute Gasteiger partial charge is 0.481 e. The Morgan fingerprint density at radius 3 is 2.52 bits per heavy atom. The number of carbonyl (C=O) groups is 3. The van der Waals surface area contributed by atoms with Crippen molar-refractivity contribution in [2.24, 2.45) is 17.3 Å². The Bertz CT molecular complexity index is 721. The Kier molecular flexibility index (Phi) is 3.63. The Morgan fingerprint density at radius 1 is 1.20 bits per heavy atom. The van der Waals surface area contributed by atoms with Crippen LogP contribution in [0, 0.1) is 17.3 Å². The first-order chi connectivity index (χ1) is 12.0. The summed E-state index contributed by atoms with van der Waals surface area (Å²) >= 11 is 0. The average molecular weight is 344 g/mol. The third-order valence-corrected chi connectivity index (χ3v) is 5.47. The zero-order chi connectivity index (χ0) is 17.6. The monoisotopic (exact) mass is 344 g/mol. The lowest BCUT2D eigenvalue weighted by molar-refractivity contribution is -0.149. The highest BCUT2D eigenvalue weighted by Gasteiger charge is 2.60. The second kappa shape index (κ2) is 5.72. The van der Waals surface area contributed by atoms with E-state index in [1.165, 1.54) is 11.1 Å². The van der Waals surface area contributed by atoms with Crippen LogP contribution in [0.3, 0.4) is 0 Å². The summed E-state index contributed by atoms with van der Waals surface area (Å²) in [5.41, 5.74) is -0.490. The van der Waals surface area contributed by atoms with Gasteiger partial charge in [0.25, 0.3) is 0 Å². The maximum atomic E-state index is 12.5. The second-order valence-corrected chi connectivity index (χ2v) is 7.20. The van der Waals surface area contributed by atoms with Crippen molar-refractivity contribution in [3.8, 4) is 0 Å². The van der Waals surface area contributed by atoms with Gasteiger partial charge in [0, 0.05) is 44.2 Å². The van der Waals surface area contributed by atoms with Crippen LogP contribution in [0.1, 0.15) is 12.8 Å². The third-order valence-electron chi connectivity index (χ3n) is 5.47. The van der Waals surface area contributed by atoms with E-state index in [0.29, 0.717) is 18.8 Å². The van der Waals surface area contributed by atoms with Gasteiger partial charge >= 0.3 is 12.0 Å². The van der Waals surface area contributed by atoms with Crippen molar-refractivity contribution in [1.29, 1.82) is 0 Å². The van der Waals surface area contributed by atoms with Crippen molar-refractivity contribution in [2.75, 3.05) is 31.5 Å². The van der Waals surface area contributed by atoms with Crippen LogP contribution in [0.15, 0.2) is 24.5 Å². The molecule has 8 nitrogen and oxygen atoms in total. The number of carboxylic acid groups (broad SMARTS) is 1. The van der Waals surface area contributed by atoms with Gasteiger partial charge in [-0.1, -0.05) is 0 Å². The molecule has 1 aromatic heterocycles. The summed E-state index contributed by atoms with van der Waals surface area (Å²) in [6.07, 6.45) is 4.96. The summed E-state index contributed by atoms with van der Waals surface area (Å²) in [4.78, 5) is 43.9. The molecular weight excluding hydrogens is 324 g/mol. The first-order valence-electron chi connectivity index (χ1n) is 8.48. The SMILES string of the molecule is O=C(Nc1cccnc1)N1C[C@@H]2CN(C(=O)C3CC3)C[C@]2(C(=O)O)C1. The number of likely N-dealkylation sites (tertiary alicyclic amines) is 2. The smallest absolute Gasteiger partial charge is 0.321 e. The van der Waals surface area contributed by atoms with E-state index in [0.717, 1.165) is 12.8 Å². The number of rotatable bonds is 3. The van der Waals surface area contributed by atoms with Gasteiger partial charge < -0.3 is 20.2 Å². The number of hydrogen-bond acceptors (Lipinski definition) is 4. The summed E-state index contributed by atoms with van der Waals surface area (Å²) < 4.78 is 0. The van der Waals surface area contributed by atoms with Gasteiger partial charge in [-0.25, -0.2) is 4.79 Å². The van der Waals surface area contributed by atoms with E-state index in [4.69, 9.17) is 0 Å². The van der Waals surface area contributed by atoms with Crippen molar-refractivity contribution < 1.29 is 19.5 Å². The highest BCUT2D eigenvalue weighted by molar-refractivity contribution is 5.91. The minimum absolute atomic E-state index is 0.0707. The molecule has 25 heavy (non-hydrogen) atoms. The van der Waals surface area contributed by atoms with Gasteiger partial charge in [-0.2, -0.15) is 0 Å². The number of fused-ring (bicyclic) bond motifs is 1. The summed E-state index contributed by atoms with van der Waals surface area (Å²) in [6, 6.07) is 3.11. The van der Waals surface area contributed by atoms with E-state index >= 15 is 0 Å². The summed E-state index contributed by atoms with van der Waals surface area (Å²) in [5, 5.41) is 12.6. The van der Waals surface area contributed by atoms with Crippen molar-refractivity contribution >= 4 is 23.6 Å². The molecule has 2 N–H and O–H groups in total. The number of anilines is 1. The molecule has 4 rings (SSSR count). The molecule has 3 heterocycles. The van der Waals surface area contributed by atoms with Crippen molar-refractivity contribution in [3.05, 3.63) is 24.5 Å². The van der Waals surface area contributed by atoms with Crippen LogP contribution < -0.4 is 5.32 Å². The topological polar surface area (TPSA) is 103 Å². The van der Waals surface area contributed by atoms with Crippen LogP contribution in [0.2, 0.25) is 0 Å². The van der Waals surface area contributed by atoms with Crippen molar-refractivity contribution in [2.45, 2.75) is 12.8 Å². The molecule has 0 spiro atoms. The minimum atomic E-state index is -1.06. The van der Waals surface area contributed by atoms with Gasteiger partial charge in [-0.15, -0.1) is 0 Å². The molecule has 1 aromatic rings. The molecule has 2 saturated heterocycles. The number of hydrogen-bond donors (Lipinski definition) is 2. The van der Waals surface area contributed by atoms with Gasteiger partial charge in [-0.05, 0) is 25.0 Å². The fourth-order valence-corrected chi connectivity index (χ4v) is 3.92. The molecule has 2 aliphatic heterocycles. The molecule has 3 fully saturated rings. The number of urea groups is 1. The number of nitrogens with one attached hydrogen (secondary N) is 1. The lowest BCUT2D eigenvalue weighted by Crippen LogP contribution is -2.44. The van der Waals surface area contributed by atoms with Crippen LogP contribution in [-0.4, -0.2) is 64.0 Å². The Hall–Kier alpha value is -2.64. The molecule has 0 unspecified atom stereocenters. The van der Waals surface area contributed by atoms with E-state index < -0.39 is 11.4 Å². The molecule has 8 heteroatoms. The molecular formula is C17H20N4O4. The maximum Gasteiger partial charge on any atom is 0.321 e. The number of carboxylic acids is 1. The fraction of sp³-hybridized carbons (Fsp3) is 0.529. The van der Waals surface area contributed by atoms with Gasteiger partial charge in [-0.3, -0.25) is 14.6 Å². The number of nitrogens with zero attached hydrogens (tertiary/aromatic N) is 3. The van der Waals surface area contributed by atoms with E-state index in [1.807, 2.05) is 0 Å². The molecule has 1 aliphatic carbocycles. The van der Waals surface area contributed by atoms with E-state index in [-0.39, 0.29) is 36.9 Å². The highest BCUT2D eigenvalue weighted by atomic mass is 16.4. The lowest BCUT2D eigenvalue weighted by Gasteiger charge is -2.25. The summed E-state index contributed by atoms with van der Waals surface area (Å²) in [7, 11) is 0. The predicted octanol–water partition coefficient (Wildman–Crippen LogP) is 0.868. The van der Waals surface area contributed by atoms with Crippen LogP contribution in [0.4, 0.5) is 10.5 Å². The molecule has 0 bridgehead atoms. The van der Waals surface area contributed by atoms with Crippen molar-refractivity contribution in [1.82, 2.24) is 14.8 Å². The number of carbonyl (C=O) groups excluding carboxylic acids is 2. The second-order valence-electron chi connectivity index (χ2n) is 7.20. The molecule has 3 amide bonds. The molecule has 132 valence electrons. The van der Waals surface area contributed by atoms with Crippen LogP contribution in [0.25, 0.3) is 0 Å². The zero-order valence-electron chi connectivity index (χ0n) is 13.7. The summed E-state index contributed by atoms with van der Waals surface area (Å²) in [6.45, 7) is 1.07. The Balaban J connectivity index is 1.47. The third kappa shape index (κ3) is 2.71. The number of aromatic nitrogens is 1. The molecule has 0 aromatic carbocycles. The molecule has 2 atom stereocenters. The number of pyridine rings is 1. The zero-order valence-corrected chi connectivity index (χ0v) is 13.7. The number of aliphatic carboxylic acids is 1. The molecule has 3 aliphatic rings. The standard InChI is InChI=1S/C17H20N4O4/c22-14(11-3-4-11)20-7-12-8-21(10-17(12,9-20)15(23)24)16(25)19-13-2-1-5-18-6-13/h1-2,5-6,11-12H,3-4,7-10H2,(H,19,25)(H,23,24)/t12-,17-/m0/s1. The van der Waals surface area contributed by atoms with E-state index in [2.05, 4.69) is 10.3 Å². The van der Waals surface area contributed by atoms with E-state index in [9.17, 15) is 19.5 Å². The number of amides is 3. The molecule has 0 radical (unpaired) electrons. The maximum absolute atomic E-state index is 12.5. The van der Waals surface area contributed by atoms with E-state index in [1.54, 1.807) is 23.2 Å². The normalized spacial score (nSPS) is 27.9. The quantitative estimate of drug-likeness (QED) is 0.847. The van der Waals surface area contributed by atoms with Crippen molar-refractivity contribution in [3.63, 3.8) is 0 Å². The lowest BCUT2D eigenvalue weighted by atomic mass is 9.81. The predicted molar refractivity (Wildman–Crippen MR) is 87.7 cm³/mol. The van der Waals surface area contributed by atoms with Gasteiger partial charge in [0.15, 0.2) is 0 Å². The van der Waals surface area contributed by atoms with Crippen LogP contribution in [-0.2, 0) is 9.59 Å². The van der Waals surface area contributed by atoms with Gasteiger partial charge in [0.2, 0.25) is 5.91 Å². The van der Waals surface area contributed by atoms with Gasteiger partial charge in [0.1, 0.15) is 5.41 Å². The van der Waals surface area contributed by atoms with Crippen LogP contribution in [0.5, 0.6) is 0 Å². The summed E-state index contributed by atoms with van der Waals surface area (Å²) in [5.74, 6) is -1.01. The van der Waals surface area contributed by atoms with Gasteiger partial charge in [0.05, 0.1) is 11.9 Å². The van der Waals surface area contributed by atoms with Crippen LogP contribution >= 0.6 is 0 Å². The molecule has 1 saturated carbocycles. The Morgan fingerprint density at radius 2 is 1.92 bits per heavy atom. The average Bonchev–Trinajstić information content (AvgIpc) is 3.27. The minimum Gasteiger partial charge on any atom is -0.481 e. The fourth-order valence-electron chi connectivity index (χ4n) is 3.92. The Labute approximate surface area is 144 Å². The first kappa shape index (κ1) is 15.9. The first-order valence-corrected chi connectivity index (χ1v) is 8.48.